The van der Waals surface area contributed by atoms with E-state index >= 15 is 0 Å². The maximum Gasteiger partial charge on any atom is 0.252 e. The molecule has 0 spiro atoms. The summed E-state index contributed by atoms with van der Waals surface area (Å²) < 4.78 is 38.7. The summed E-state index contributed by atoms with van der Waals surface area (Å²) in [5, 5.41) is 14.6. The minimum Gasteiger partial charge on any atom is -0.388 e. The summed E-state index contributed by atoms with van der Waals surface area (Å²) in [4.78, 5) is 21.5. The monoisotopic (exact) mass is 439 g/mol. The molecule has 2 aromatic rings. The fourth-order valence-corrected chi connectivity index (χ4v) is 5.38. The first-order valence-corrected chi connectivity index (χ1v) is 11.7. The summed E-state index contributed by atoms with van der Waals surface area (Å²) in [6.07, 6.45) is 4.78. The standard InChI is InChI=1S/C19H26FN5O4S/c1-19(27)8-2-3-15(19)25-16(26)5-4-13-11-21-18(23-17(13)25)22-14-6-9-24(10-7-14)30(28,29)12-20/h4-5,11,14-15,27H,2-3,6-10,12H2,1H3,(H,21,22,23)/t15-,19-/m1/s1. The zero-order valence-electron chi connectivity index (χ0n) is 16.8. The average Bonchev–Trinajstić information content (AvgIpc) is 3.07. The smallest absolute Gasteiger partial charge is 0.252 e. The van der Waals surface area contributed by atoms with E-state index in [1.807, 2.05) is 0 Å². The Balaban J connectivity index is 1.58. The Bertz CT molecular complexity index is 1100. The molecule has 1 saturated carbocycles. The van der Waals surface area contributed by atoms with Crippen LogP contribution in [0.5, 0.6) is 0 Å². The molecule has 1 saturated heterocycles. The number of anilines is 1. The first kappa shape index (κ1) is 21.1. The van der Waals surface area contributed by atoms with Gasteiger partial charge in [-0.2, -0.15) is 9.29 Å². The van der Waals surface area contributed by atoms with Gasteiger partial charge >= 0.3 is 0 Å². The maximum absolute atomic E-state index is 12.7. The van der Waals surface area contributed by atoms with Crippen LogP contribution in [0.1, 0.15) is 45.1 Å². The third-order valence-corrected chi connectivity index (χ3v) is 7.60. The van der Waals surface area contributed by atoms with Gasteiger partial charge in [0, 0.05) is 36.8 Å². The van der Waals surface area contributed by atoms with Crippen LogP contribution in [-0.2, 0) is 10.0 Å². The molecule has 3 heterocycles. The van der Waals surface area contributed by atoms with Crippen molar-refractivity contribution in [3.8, 4) is 0 Å². The van der Waals surface area contributed by atoms with Crippen molar-refractivity contribution in [1.82, 2.24) is 18.8 Å². The number of nitrogens with zero attached hydrogens (tertiary/aromatic N) is 4. The molecule has 4 rings (SSSR count). The molecule has 164 valence electrons. The fraction of sp³-hybridized carbons (Fsp3) is 0.632. The molecule has 9 nitrogen and oxygen atoms in total. The molecule has 2 N–H and O–H groups in total. The van der Waals surface area contributed by atoms with Crippen molar-refractivity contribution in [3.63, 3.8) is 0 Å². The number of aliphatic hydroxyl groups is 1. The molecule has 2 aliphatic rings. The maximum atomic E-state index is 12.7. The van der Waals surface area contributed by atoms with Gasteiger partial charge in [-0.05, 0) is 45.1 Å². The van der Waals surface area contributed by atoms with Crippen molar-refractivity contribution in [3.05, 3.63) is 28.7 Å². The van der Waals surface area contributed by atoms with Crippen molar-refractivity contribution in [2.75, 3.05) is 24.4 Å². The predicted octanol–water partition coefficient (Wildman–Crippen LogP) is 1.40. The van der Waals surface area contributed by atoms with E-state index < -0.39 is 21.6 Å². The van der Waals surface area contributed by atoms with Gasteiger partial charge in [0.15, 0.2) is 0 Å². The average molecular weight is 440 g/mol. The van der Waals surface area contributed by atoms with E-state index in [-0.39, 0.29) is 30.7 Å². The van der Waals surface area contributed by atoms with E-state index in [1.54, 1.807) is 23.8 Å². The van der Waals surface area contributed by atoms with Crippen molar-refractivity contribution in [2.45, 2.75) is 56.7 Å². The van der Waals surface area contributed by atoms with E-state index in [2.05, 4.69) is 15.3 Å². The number of alkyl halides is 1. The first-order chi connectivity index (χ1) is 14.2. The molecular weight excluding hydrogens is 413 g/mol. The van der Waals surface area contributed by atoms with Crippen LogP contribution in [0, 0.1) is 0 Å². The number of rotatable bonds is 5. The van der Waals surface area contributed by atoms with Crippen LogP contribution in [-0.4, -0.2) is 63.1 Å². The van der Waals surface area contributed by atoms with Crippen LogP contribution in [0.4, 0.5) is 10.3 Å². The molecule has 0 bridgehead atoms. The number of pyridine rings is 1. The lowest BCUT2D eigenvalue weighted by molar-refractivity contribution is 0.0267. The predicted molar refractivity (Wildman–Crippen MR) is 110 cm³/mol. The van der Waals surface area contributed by atoms with Gasteiger partial charge < -0.3 is 10.4 Å². The van der Waals surface area contributed by atoms with Crippen molar-refractivity contribution < 1.29 is 17.9 Å². The molecule has 30 heavy (non-hydrogen) atoms. The molecule has 0 aromatic carbocycles. The molecule has 0 radical (unpaired) electrons. The van der Waals surface area contributed by atoms with Crippen LogP contribution in [0.3, 0.4) is 0 Å². The highest BCUT2D eigenvalue weighted by molar-refractivity contribution is 7.88. The van der Waals surface area contributed by atoms with Crippen molar-refractivity contribution >= 4 is 27.0 Å². The van der Waals surface area contributed by atoms with Gasteiger partial charge in [0.25, 0.3) is 5.56 Å². The number of hydrogen-bond donors (Lipinski definition) is 2. The van der Waals surface area contributed by atoms with E-state index in [0.717, 1.165) is 10.7 Å². The molecule has 0 unspecified atom stereocenters. The van der Waals surface area contributed by atoms with E-state index in [0.29, 0.717) is 42.7 Å². The second-order valence-electron chi connectivity index (χ2n) is 8.32. The van der Waals surface area contributed by atoms with Crippen LogP contribution in [0.25, 0.3) is 11.0 Å². The third kappa shape index (κ3) is 3.93. The van der Waals surface area contributed by atoms with Gasteiger partial charge in [0.1, 0.15) is 5.65 Å². The van der Waals surface area contributed by atoms with Gasteiger partial charge in [0.2, 0.25) is 22.0 Å². The molecule has 1 aliphatic carbocycles. The fourth-order valence-electron chi connectivity index (χ4n) is 4.48. The molecule has 2 aromatic heterocycles. The lowest BCUT2D eigenvalue weighted by Crippen LogP contribution is -2.43. The van der Waals surface area contributed by atoms with Gasteiger partial charge in [-0.1, -0.05) is 0 Å². The van der Waals surface area contributed by atoms with Crippen molar-refractivity contribution in [1.29, 1.82) is 0 Å². The van der Waals surface area contributed by atoms with Crippen LogP contribution in [0.15, 0.2) is 23.1 Å². The largest absolute Gasteiger partial charge is 0.388 e. The van der Waals surface area contributed by atoms with Crippen LogP contribution >= 0.6 is 0 Å². The van der Waals surface area contributed by atoms with Gasteiger partial charge in [0.05, 0.1) is 11.6 Å². The zero-order chi connectivity index (χ0) is 21.5. The summed E-state index contributed by atoms with van der Waals surface area (Å²) in [6.45, 7) is 2.20. The number of halogens is 1. The van der Waals surface area contributed by atoms with Gasteiger partial charge in [-0.25, -0.2) is 17.8 Å². The highest BCUT2D eigenvalue weighted by Crippen LogP contribution is 2.39. The Hall–Kier alpha value is -2.11. The lowest BCUT2D eigenvalue weighted by Gasteiger charge is -2.31. The molecule has 2 fully saturated rings. The number of aromatic nitrogens is 3. The quantitative estimate of drug-likeness (QED) is 0.723. The lowest BCUT2D eigenvalue weighted by atomic mass is 10.00. The summed E-state index contributed by atoms with van der Waals surface area (Å²) >= 11 is 0. The minimum atomic E-state index is -3.83. The Morgan fingerprint density at radius 2 is 2.03 bits per heavy atom. The number of sulfonamides is 1. The summed E-state index contributed by atoms with van der Waals surface area (Å²) in [5.74, 6) is 0.339. The topological polar surface area (TPSA) is 117 Å². The highest BCUT2D eigenvalue weighted by atomic mass is 32.2. The van der Waals surface area contributed by atoms with Crippen LogP contribution in [0.2, 0.25) is 0 Å². The molecular formula is C19H26FN5O4S. The second kappa shape index (κ2) is 7.86. The van der Waals surface area contributed by atoms with Gasteiger partial charge in [-0.15, -0.1) is 0 Å². The number of hydrogen-bond acceptors (Lipinski definition) is 7. The molecule has 11 heteroatoms. The Kier molecular flexibility index (Phi) is 5.54. The number of piperidine rings is 1. The summed E-state index contributed by atoms with van der Waals surface area (Å²) in [5.41, 5.74) is -0.737. The van der Waals surface area contributed by atoms with E-state index in [1.165, 1.54) is 6.07 Å². The zero-order valence-corrected chi connectivity index (χ0v) is 17.6. The second-order valence-corrected chi connectivity index (χ2v) is 10.2. The van der Waals surface area contributed by atoms with E-state index in [9.17, 15) is 22.7 Å². The normalized spacial score (nSPS) is 26.3. The molecule has 1 aliphatic heterocycles. The Morgan fingerprint density at radius 3 is 2.67 bits per heavy atom. The number of nitrogens with one attached hydrogen (secondary N) is 1. The van der Waals surface area contributed by atoms with Crippen molar-refractivity contribution in [2.24, 2.45) is 0 Å². The minimum absolute atomic E-state index is 0.0630. The van der Waals surface area contributed by atoms with Gasteiger partial charge in [-0.3, -0.25) is 9.36 Å². The summed E-state index contributed by atoms with van der Waals surface area (Å²) in [6, 6.07) is 1.33. The summed E-state index contributed by atoms with van der Waals surface area (Å²) in [7, 11) is -3.83. The number of fused-ring (bicyclic) bond motifs is 1. The highest BCUT2D eigenvalue weighted by Gasteiger charge is 2.39. The Morgan fingerprint density at radius 1 is 1.30 bits per heavy atom. The molecule has 0 amide bonds. The van der Waals surface area contributed by atoms with E-state index in [4.69, 9.17) is 0 Å². The SMILES string of the molecule is C[C@@]1(O)CCC[C@H]1n1c(=O)ccc2cnc(NC3CCN(S(=O)(=O)CF)CC3)nc21. The first-order valence-electron chi connectivity index (χ1n) is 10.1. The molecule has 2 atom stereocenters. The van der Waals surface area contributed by atoms with Crippen LogP contribution < -0.4 is 10.9 Å². The Labute approximate surface area is 174 Å². The third-order valence-electron chi connectivity index (χ3n) is 6.18.